The number of benzene rings is 1. The average Bonchev–Trinajstić information content (AvgIpc) is 3.16. The quantitative estimate of drug-likeness (QED) is 0.820. The van der Waals surface area contributed by atoms with Gasteiger partial charge >= 0.3 is 0 Å². The van der Waals surface area contributed by atoms with E-state index in [0.717, 1.165) is 34.6 Å². The summed E-state index contributed by atoms with van der Waals surface area (Å²) in [6.07, 6.45) is 4.11. The maximum atomic E-state index is 12.6. The Kier molecular flexibility index (Phi) is 5.58. The molecule has 132 valence electrons. The number of halogens is 1. The highest BCUT2D eigenvalue weighted by atomic mass is 79.9. The van der Waals surface area contributed by atoms with E-state index >= 15 is 0 Å². The molecule has 1 fully saturated rings. The van der Waals surface area contributed by atoms with E-state index in [-0.39, 0.29) is 11.9 Å². The van der Waals surface area contributed by atoms with E-state index in [1.54, 1.807) is 13.3 Å². The highest BCUT2D eigenvalue weighted by Crippen LogP contribution is 2.28. The molecule has 0 radical (unpaired) electrons. The van der Waals surface area contributed by atoms with E-state index in [9.17, 15) is 4.79 Å². The van der Waals surface area contributed by atoms with Crippen molar-refractivity contribution >= 4 is 27.5 Å². The number of carbonyl (C=O) groups excluding carboxylic acids is 1. The summed E-state index contributed by atoms with van der Waals surface area (Å²) >= 11 is 3.48. The maximum absolute atomic E-state index is 12.6. The second-order valence-corrected chi connectivity index (χ2v) is 7.04. The Morgan fingerprint density at radius 2 is 2.04 bits per heavy atom. The van der Waals surface area contributed by atoms with Crippen molar-refractivity contribution < 1.29 is 9.53 Å². The third-order valence-electron chi connectivity index (χ3n) is 4.47. The van der Waals surface area contributed by atoms with Crippen molar-refractivity contribution in [3.8, 4) is 5.75 Å². The Morgan fingerprint density at radius 1 is 1.28 bits per heavy atom. The highest BCUT2D eigenvalue weighted by Gasteiger charge is 2.17. The predicted molar refractivity (Wildman–Crippen MR) is 102 cm³/mol. The van der Waals surface area contributed by atoms with Crippen LogP contribution < -0.4 is 15.0 Å². The number of methoxy groups -OCH3 is 1. The average molecular weight is 404 g/mol. The summed E-state index contributed by atoms with van der Waals surface area (Å²) in [6.45, 7) is 4.04. The Labute approximate surface area is 156 Å². The summed E-state index contributed by atoms with van der Waals surface area (Å²) in [5.41, 5.74) is 2.51. The van der Waals surface area contributed by atoms with Crippen LogP contribution in [0.4, 0.5) is 5.69 Å². The summed E-state index contributed by atoms with van der Waals surface area (Å²) < 4.78 is 6.11. The zero-order valence-electron chi connectivity index (χ0n) is 14.5. The first-order valence-corrected chi connectivity index (χ1v) is 9.23. The number of hydrogen-bond acceptors (Lipinski definition) is 4. The molecule has 2 aromatic rings. The number of pyridine rings is 1. The van der Waals surface area contributed by atoms with E-state index in [4.69, 9.17) is 4.74 Å². The molecule has 1 saturated heterocycles. The van der Waals surface area contributed by atoms with Crippen molar-refractivity contribution in [1.29, 1.82) is 0 Å². The van der Waals surface area contributed by atoms with Gasteiger partial charge in [-0.2, -0.15) is 0 Å². The van der Waals surface area contributed by atoms with Gasteiger partial charge in [-0.3, -0.25) is 9.78 Å². The summed E-state index contributed by atoms with van der Waals surface area (Å²) in [6, 6.07) is 9.49. The Balaban J connectivity index is 1.71. The van der Waals surface area contributed by atoms with Gasteiger partial charge in [-0.05, 0) is 65.5 Å². The topological polar surface area (TPSA) is 54.5 Å². The Hall–Kier alpha value is -2.08. The second kappa shape index (κ2) is 7.87. The first-order valence-electron chi connectivity index (χ1n) is 8.44. The lowest BCUT2D eigenvalue weighted by molar-refractivity contribution is 0.0935. The fourth-order valence-electron chi connectivity index (χ4n) is 3.02. The molecule has 1 aliphatic heterocycles. The summed E-state index contributed by atoms with van der Waals surface area (Å²) in [7, 11) is 1.63. The van der Waals surface area contributed by atoms with Crippen molar-refractivity contribution in [3.63, 3.8) is 0 Å². The van der Waals surface area contributed by atoms with Crippen molar-refractivity contribution in [2.45, 2.75) is 25.8 Å². The smallest absolute Gasteiger partial charge is 0.270 e. The van der Waals surface area contributed by atoms with Crippen LogP contribution in [0.15, 0.2) is 41.0 Å². The molecular formula is C19H22BrN3O2. The van der Waals surface area contributed by atoms with E-state index in [2.05, 4.69) is 31.1 Å². The molecule has 1 aromatic carbocycles. The predicted octanol–water partition coefficient (Wildman–Crippen LogP) is 3.94. The van der Waals surface area contributed by atoms with Crippen LogP contribution in [0.5, 0.6) is 5.75 Å². The largest absolute Gasteiger partial charge is 0.496 e. The van der Waals surface area contributed by atoms with Crippen molar-refractivity contribution in [2.75, 3.05) is 25.1 Å². The molecule has 1 N–H and O–H groups in total. The molecule has 0 bridgehead atoms. The molecule has 1 aromatic heterocycles. The summed E-state index contributed by atoms with van der Waals surface area (Å²) in [4.78, 5) is 19.1. The lowest BCUT2D eigenvalue weighted by Crippen LogP contribution is -2.28. The number of nitrogens with zero attached hydrogens (tertiary/aromatic N) is 2. The number of ether oxygens (including phenoxy) is 1. The number of aromatic nitrogens is 1. The number of amides is 1. The number of rotatable bonds is 5. The lowest BCUT2D eigenvalue weighted by atomic mass is 10.1. The van der Waals surface area contributed by atoms with Crippen LogP contribution >= 0.6 is 15.9 Å². The van der Waals surface area contributed by atoms with Gasteiger partial charge in [0.1, 0.15) is 11.4 Å². The van der Waals surface area contributed by atoms with Gasteiger partial charge in [-0.1, -0.05) is 6.07 Å². The molecule has 2 heterocycles. The molecule has 1 unspecified atom stereocenters. The first kappa shape index (κ1) is 17.7. The van der Waals surface area contributed by atoms with Gasteiger partial charge in [0, 0.05) is 25.0 Å². The Bertz CT molecular complexity index is 760. The zero-order chi connectivity index (χ0) is 17.8. The zero-order valence-corrected chi connectivity index (χ0v) is 16.0. The van der Waals surface area contributed by atoms with E-state index in [1.165, 1.54) is 12.8 Å². The molecule has 25 heavy (non-hydrogen) atoms. The molecule has 1 aliphatic rings. The van der Waals surface area contributed by atoms with Crippen LogP contribution in [-0.4, -0.2) is 31.1 Å². The van der Waals surface area contributed by atoms with Crippen LogP contribution in [-0.2, 0) is 0 Å². The third-order valence-corrected chi connectivity index (χ3v) is 5.09. The van der Waals surface area contributed by atoms with Crippen LogP contribution in [0.1, 0.15) is 41.9 Å². The van der Waals surface area contributed by atoms with Gasteiger partial charge in [-0.15, -0.1) is 0 Å². The van der Waals surface area contributed by atoms with Gasteiger partial charge in [-0.25, -0.2) is 0 Å². The standard InChI is InChI=1S/C19H22BrN3O2/c1-13(14-5-6-18(25-2)16(20)11-14)22-19(24)17-12-15(7-8-21-17)23-9-3-4-10-23/h5-8,11-13H,3-4,9-10H2,1-2H3,(H,22,24). The van der Waals surface area contributed by atoms with Crippen LogP contribution in [0.3, 0.4) is 0 Å². The third kappa shape index (κ3) is 4.12. The maximum Gasteiger partial charge on any atom is 0.270 e. The number of carbonyl (C=O) groups is 1. The van der Waals surface area contributed by atoms with Crippen molar-refractivity contribution in [1.82, 2.24) is 10.3 Å². The number of anilines is 1. The Morgan fingerprint density at radius 3 is 2.72 bits per heavy atom. The molecular weight excluding hydrogens is 382 g/mol. The monoisotopic (exact) mass is 403 g/mol. The van der Waals surface area contributed by atoms with Crippen LogP contribution in [0.2, 0.25) is 0 Å². The summed E-state index contributed by atoms with van der Waals surface area (Å²) in [5, 5.41) is 3.01. The van der Waals surface area contributed by atoms with E-state index in [1.807, 2.05) is 37.3 Å². The van der Waals surface area contributed by atoms with Gasteiger partial charge < -0.3 is 15.0 Å². The van der Waals surface area contributed by atoms with Crippen LogP contribution in [0, 0.1) is 0 Å². The summed E-state index contributed by atoms with van der Waals surface area (Å²) in [5.74, 6) is 0.600. The van der Waals surface area contributed by atoms with E-state index in [0.29, 0.717) is 5.69 Å². The lowest BCUT2D eigenvalue weighted by Gasteiger charge is -2.19. The fourth-order valence-corrected chi connectivity index (χ4v) is 3.58. The highest BCUT2D eigenvalue weighted by molar-refractivity contribution is 9.10. The van der Waals surface area contributed by atoms with E-state index < -0.39 is 0 Å². The SMILES string of the molecule is COc1ccc(C(C)NC(=O)c2cc(N3CCCC3)ccn2)cc1Br. The van der Waals surface area contributed by atoms with Crippen LogP contribution in [0.25, 0.3) is 0 Å². The minimum Gasteiger partial charge on any atom is -0.496 e. The normalized spacial score (nSPS) is 15.1. The molecule has 1 atom stereocenters. The molecule has 1 amide bonds. The fraction of sp³-hybridized carbons (Fsp3) is 0.368. The molecule has 5 nitrogen and oxygen atoms in total. The number of nitrogens with one attached hydrogen (secondary N) is 1. The van der Waals surface area contributed by atoms with Gasteiger partial charge in [0.15, 0.2) is 0 Å². The molecule has 0 saturated carbocycles. The molecule has 0 spiro atoms. The minimum atomic E-state index is -0.166. The molecule has 0 aliphatic carbocycles. The van der Waals surface area contributed by atoms with Gasteiger partial charge in [0.05, 0.1) is 17.6 Å². The minimum absolute atomic E-state index is 0.132. The number of hydrogen-bond donors (Lipinski definition) is 1. The van der Waals surface area contributed by atoms with Crippen molar-refractivity contribution in [3.05, 3.63) is 52.3 Å². The first-order chi connectivity index (χ1) is 12.1. The van der Waals surface area contributed by atoms with Gasteiger partial charge in [0.2, 0.25) is 0 Å². The second-order valence-electron chi connectivity index (χ2n) is 6.18. The van der Waals surface area contributed by atoms with Crippen molar-refractivity contribution in [2.24, 2.45) is 0 Å². The molecule has 6 heteroatoms. The van der Waals surface area contributed by atoms with Gasteiger partial charge in [0.25, 0.3) is 5.91 Å². The molecule has 3 rings (SSSR count).